The summed E-state index contributed by atoms with van der Waals surface area (Å²) in [7, 11) is 0. The van der Waals surface area contributed by atoms with Crippen molar-refractivity contribution in [3.63, 3.8) is 0 Å². The van der Waals surface area contributed by atoms with Crippen molar-refractivity contribution in [2.45, 2.75) is 25.8 Å². The largest absolute Gasteiger partial charge is 1.00 e. The van der Waals surface area contributed by atoms with Gasteiger partial charge in [-0.15, -0.1) is 0 Å². The van der Waals surface area contributed by atoms with Gasteiger partial charge in [0.2, 0.25) is 12.1 Å². The first-order valence-corrected chi connectivity index (χ1v) is 12.1. The number of Topliss-reactive ketones (excluding diaryl/α,β-unsaturated/α-hetero) is 1. The highest BCUT2D eigenvalue weighted by molar-refractivity contribution is 6.35. The molecule has 0 aliphatic rings. The van der Waals surface area contributed by atoms with Gasteiger partial charge in [0.25, 0.3) is 0 Å². The fourth-order valence-electron chi connectivity index (χ4n) is 3.56. The first-order chi connectivity index (χ1) is 16.8. The molecule has 0 aliphatic carbocycles. The lowest BCUT2D eigenvalue weighted by Crippen LogP contribution is -3.00. The molecule has 0 bridgehead atoms. The summed E-state index contributed by atoms with van der Waals surface area (Å²) in [6.07, 6.45) is 5.00. The molecule has 0 saturated heterocycles. The first-order valence-electron chi connectivity index (χ1n) is 10.6. The van der Waals surface area contributed by atoms with E-state index < -0.39 is 6.10 Å². The van der Waals surface area contributed by atoms with Crippen LogP contribution in [0.25, 0.3) is 0 Å². The number of benzene rings is 3. The van der Waals surface area contributed by atoms with E-state index in [9.17, 15) is 9.18 Å². The Kier molecular flexibility index (Phi) is 10.2. The number of imidazole rings is 1. The van der Waals surface area contributed by atoms with Gasteiger partial charge < -0.3 is 17.1 Å². The summed E-state index contributed by atoms with van der Waals surface area (Å²) in [6.45, 7) is 0.778. The monoisotopic (exact) mass is 586 g/mol. The van der Waals surface area contributed by atoms with E-state index in [1.807, 2.05) is 22.9 Å². The van der Waals surface area contributed by atoms with E-state index in [-0.39, 0.29) is 37.2 Å². The lowest BCUT2D eigenvalue weighted by Gasteiger charge is -2.19. The molecule has 0 N–H and O–H groups in total. The Morgan fingerprint density at radius 1 is 0.944 bits per heavy atom. The highest BCUT2D eigenvalue weighted by atomic mass is 35.5. The van der Waals surface area contributed by atoms with Gasteiger partial charge in [-0.1, -0.05) is 58.5 Å². The Labute approximate surface area is 234 Å². The van der Waals surface area contributed by atoms with Crippen LogP contribution in [0, 0.1) is 5.82 Å². The number of ether oxygens (including phenoxy) is 1. The van der Waals surface area contributed by atoms with Gasteiger partial charge in [0.15, 0.2) is 6.54 Å². The normalized spacial score (nSPS) is 11.7. The van der Waals surface area contributed by atoms with Gasteiger partial charge in [-0.3, -0.25) is 4.79 Å². The maximum atomic E-state index is 13.1. The number of halogens is 6. The van der Waals surface area contributed by atoms with E-state index in [1.165, 1.54) is 24.3 Å². The molecule has 0 fully saturated rings. The van der Waals surface area contributed by atoms with E-state index in [2.05, 4.69) is 0 Å². The molecule has 188 valence electrons. The molecule has 1 heterocycles. The zero-order valence-electron chi connectivity index (χ0n) is 18.7. The van der Waals surface area contributed by atoms with E-state index in [0.29, 0.717) is 32.2 Å². The minimum Gasteiger partial charge on any atom is -1.00 e. The van der Waals surface area contributed by atoms with Gasteiger partial charge in [0.05, 0.1) is 6.61 Å². The summed E-state index contributed by atoms with van der Waals surface area (Å²) in [6, 6.07) is 16.0. The van der Waals surface area contributed by atoms with Crippen molar-refractivity contribution < 1.29 is 30.9 Å². The Balaban J connectivity index is 0.00000361. The molecule has 0 radical (unpaired) electrons. The number of rotatable bonds is 9. The Morgan fingerprint density at radius 2 is 1.61 bits per heavy atom. The molecule has 1 aromatic heterocycles. The minimum atomic E-state index is -0.430. The van der Waals surface area contributed by atoms with Gasteiger partial charge >= 0.3 is 0 Å². The molecule has 36 heavy (non-hydrogen) atoms. The molecule has 4 rings (SSSR count). The lowest BCUT2D eigenvalue weighted by molar-refractivity contribution is -0.682. The van der Waals surface area contributed by atoms with E-state index in [0.717, 1.165) is 11.1 Å². The number of carbonyl (C=O) groups excluding carboxylic acids is 1. The summed E-state index contributed by atoms with van der Waals surface area (Å²) in [5.74, 6) is -0.508. The second kappa shape index (κ2) is 12.9. The molecular formula is C26H20Cl5FN2O2. The summed E-state index contributed by atoms with van der Waals surface area (Å²) < 4.78 is 23.0. The van der Waals surface area contributed by atoms with Crippen molar-refractivity contribution in [3.8, 4) is 0 Å². The van der Waals surface area contributed by atoms with Gasteiger partial charge in [0, 0.05) is 31.2 Å². The molecule has 0 spiro atoms. The molecular weight excluding hydrogens is 569 g/mol. The lowest BCUT2D eigenvalue weighted by atomic mass is 10.1. The summed E-state index contributed by atoms with van der Waals surface area (Å²) >= 11 is 24.9. The summed E-state index contributed by atoms with van der Waals surface area (Å²) in [4.78, 5) is 12.5. The van der Waals surface area contributed by atoms with Crippen LogP contribution in [0.15, 0.2) is 79.4 Å². The van der Waals surface area contributed by atoms with Gasteiger partial charge in [-0.05, 0) is 54.1 Å². The third-order valence-electron chi connectivity index (χ3n) is 5.38. The average molecular weight is 589 g/mol. The van der Waals surface area contributed by atoms with Crippen molar-refractivity contribution in [3.05, 3.63) is 122 Å². The van der Waals surface area contributed by atoms with Crippen LogP contribution in [-0.4, -0.2) is 10.4 Å². The standard InChI is InChI=1S/C26H20Cl4FN2O2.ClH/c27-19-4-1-18(23(29)11-19)15-35-26(22-8-5-20(28)12-24(22)30)14-33-10-9-32(16-33)13-25(34)17-2-6-21(31)7-3-17;/h1-12,16,26H,13-15H2;1H/q+1;/p-1. The van der Waals surface area contributed by atoms with Crippen LogP contribution in [0.3, 0.4) is 0 Å². The maximum absolute atomic E-state index is 13.1. The van der Waals surface area contributed by atoms with Crippen LogP contribution >= 0.6 is 46.4 Å². The minimum absolute atomic E-state index is 0. The van der Waals surface area contributed by atoms with Crippen LogP contribution in [0.2, 0.25) is 20.1 Å². The average Bonchev–Trinajstić information content (AvgIpc) is 3.25. The molecule has 0 amide bonds. The smallest absolute Gasteiger partial charge is 0.244 e. The Hall–Kier alpha value is -2.12. The molecule has 10 heteroatoms. The van der Waals surface area contributed by atoms with Crippen LogP contribution in [0.1, 0.15) is 27.6 Å². The highest BCUT2D eigenvalue weighted by Gasteiger charge is 2.21. The van der Waals surface area contributed by atoms with Gasteiger partial charge in [-0.25, -0.2) is 13.5 Å². The zero-order chi connectivity index (χ0) is 24.9. The van der Waals surface area contributed by atoms with Gasteiger partial charge in [-0.2, -0.15) is 0 Å². The van der Waals surface area contributed by atoms with Crippen LogP contribution in [0.4, 0.5) is 4.39 Å². The van der Waals surface area contributed by atoms with Crippen LogP contribution in [0.5, 0.6) is 0 Å². The molecule has 1 atom stereocenters. The Bertz CT molecular complexity index is 1340. The van der Waals surface area contributed by atoms with Crippen molar-refractivity contribution in [2.75, 3.05) is 0 Å². The molecule has 4 aromatic rings. The number of hydrogen-bond acceptors (Lipinski definition) is 2. The third-order valence-corrected chi connectivity index (χ3v) is 6.53. The molecule has 0 aliphatic heterocycles. The quantitative estimate of drug-likeness (QED) is 0.215. The van der Waals surface area contributed by atoms with Crippen molar-refractivity contribution in [1.82, 2.24) is 4.57 Å². The molecule has 4 nitrogen and oxygen atoms in total. The number of aromatic nitrogens is 2. The second-order valence-electron chi connectivity index (χ2n) is 7.91. The SMILES string of the molecule is O=C(C[n+]1ccn(CC(OCc2ccc(Cl)cc2Cl)c2ccc(Cl)cc2Cl)c1)c1ccc(F)cc1.[Cl-]. The van der Waals surface area contributed by atoms with Crippen molar-refractivity contribution >= 4 is 52.2 Å². The third kappa shape index (κ3) is 7.45. The maximum Gasteiger partial charge on any atom is 0.244 e. The molecule has 3 aromatic carbocycles. The molecule has 1 unspecified atom stereocenters. The Morgan fingerprint density at radius 3 is 2.28 bits per heavy atom. The van der Waals surface area contributed by atoms with Crippen molar-refractivity contribution in [1.29, 1.82) is 0 Å². The predicted octanol–water partition coefficient (Wildman–Crippen LogP) is 4.37. The molecule has 0 saturated carbocycles. The predicted molar refractivity (Wildman–Crippen MR) is 136 cm³/mol. The number of hydrogen-bond donors (Lipinski definition) is 0. The van der Waals surface area contributed by atoms with E-state index in [4.69, 9.17) is 51.1 Å². The fourth-order valence-corrected chi connectivity index (χ4v) is 4.55. The number of ketones is 1. The topological polar surface area (TPSA) is 35.1 Å². The second-order valence-corrected chi connectivity index (χ2v) is 9.60. The van der Waals surface area contributed by atoms with E-state index in [1.54, 1.807) is 41.4 Å². The van der Waals surface area contributed by atoms with Crippen LogP contribution < -0.4 is 17.0 Å². The first kappa shape index (κ1) is 28.5. The van der Waals surface area contributed by atoms with Crippen molar-refractivity contribution in [2.24, 2.45) is 0 Å². The summed E-state index contributed by atoms with van der Waals surface area (Å²) in [5, 5.41) is 2.06. The zero-order valence-corrected chi connectivity index (χ0v) is 22.5. The number of carbonyl (C=O) groups is 1. The number of nitrogens with zero attached hydrogens (tertiary/aromatic N) is 2. The summed E-state index contributed by atoms with van der Waals surface area (Å²) in [5.41, 5.74) is 2.00. The van der Waals surface area contributed by atoms with E-state index >= 15 is 0 Å². The van der Waals surface area contributed by atoms with Gasteiger partial charge in [0.1, 0.15) is 30.9 Å². The van der Waals surface area contributed by atoms with Crippen LogP contribution in [-0.2, 0) is 24.4 Å². The highest BCUT2D eigenvalue weighted by Crippen LogP contribution is 2.31. The fraction of sp³-hybridized carbons (Fsp3) is 0.154.